The van der Waals surface area contributed by atoms with Crippen LogP contribution in [0.2, 0.25) is 0 Å². The molecule has 2 aromatic carbocycles. The molecule has 0 aliphatic rings. The van der Waals surface area contributed by atoms with Crippen LogP contribution in [-0.2, 0) is 11.3 Å². The summed E-state index contributed by atoms with van der Waals surface area (Å²) in [6, 6.07) is 14.7. The molecule has 0 saturated heterocycles. The number of carbonyl (C=O) groups excluding carboxylic acids is 1. The molecule has 4 rings (SSSR count). The number of rotatable bonds is 4. The first kappa shape index (κ1) is 16.8. The van der Waals surface area contributed by atoms with E-state index in [4.69, 9.17) is 4.74 Å². The molecule has 0 amide bonds. The van der Waals surface area contributed by atoms with E-state index in [2.05, 4.69) is 10.2 Å². The van der Waals surface area contributed by atoms with Gasteiger partial charge in [0, 0.05) is 23.3 Å². The second-order valence-electron chi connectivity index (χ2n) is 6.23. The summed E-state index contributed by atoms with van der Waals surface area (Å²) in [5.74, 6) is -0.394. The minimum absolute atomic E-state index is 0.0743. The van der Waals surface area contributed by atoms with Crippen LogP contribution in [-0.4, -0.2) is 27.8 Å². The van der Waals surface area contributed by atoms with Crippen molar-refractivity contribution in [1.29, 1.82) is 0 Å². The predicted octanol–water partition coefficient (Wildman–Crippen LogP) is 3.23. The molecule has 6 heteroatoms. The van der Waals surface area contributed by atoms with Crippen LogP contribution in [0.1, 0.15) is 15.9 Å². The van der Waals surface area contributed by atoms with Gasteiger partial charge in [0.25, 0.3) is 5.56 Å². The van der Waals surface area contributed by atoms with E-state index in [1.54, 1.807) is 35.2 Å². The molecule has 0 aliphatic carbocycles. The van der Waals surface area contributed by atoms with Gasteiger partial charge in [0.1, 0.15) is 0 Å². The van der Waals surface area contributed by atoms with Crippen molar-refractivity contribution in [2.24, 2.45) is 0 Å². The van der Waals surface area contributed by atoms with Crippen LogP contribution in [0, 0.1) is 0 Å². The zero-order valence-electron chi connectivity index (χ0n) is 14.7. The molecule has 2 aromatic heterocycles. The highest BCUT2D eigenvalue weighted by Gasteiger charge is 2.09. The first-order chi connectivity index (χ1) is 13.2. The van der Waals surface area contributed by atoms with Crippen molar-refractivity contribution < 1.29 is 9.53 Å². The van der Waals surface area contributed by atoms with Gasteiger partial charge in [-0.3, -0.25) is 9.89 Å². The van der Waals surface area contributed by atoms with Crippen molar-refractivity contribution >= 4 is 16.7 Å². The van der Waals surface area contributed by atoms with Gasteiger partial charge in [-0.1, -0.05) is 18.2 Å². The van der Waals surface area contributed by atoms with Gasteiger partial charge in [0.15, 0.2) is 0 Å². The third-order valence-electron chi connectivity index (χ3n) is 4.51. The maximum Gasteiger partial charge on any atom is 0.337 e. The van der Waals surface area contributed by atoms with Crippen LogP contribution in [0.15, 0.2) is 71.9 Å². The van der Waals surface area contributed by atoms with Crippen LogP contribution < -0.4 is 5.56 Å². The number of ether oxygens (including phenoxy) is 1. The van der Waals surface area contributed by atoms with E-state index in [1.165, 1.54) is 7.11 Å². The molecule has 4 aromatic rings. The molecule has 0 bridgehead atoms. The first-order valence-electron chi connectivity index (χ1n) is 8.45. The van der Waals surface area contributed by atoms with Crippen molar-refractivity contribution in [3.8, 4) is 11.1 Å². The lowest BCUT2D eigenvalue weighted by atomic mass is 10.0. The van der Waals surface area contributed by atoms with Crippen LogP contribution in [0.25, 0.3) is 21.9 Å². The Kier molecular flexibility index (Phi) is 4.30. The highest BCUT2D eigenvalue weighted by atomic mass is 16.5. The smallest absolute Gasteiger partial charge is 0.337 e. The molecular formula is C21H17N3O3. The SMILES string of the molecule is COC(=O)c1cccc(Cn2ccc3cc(-c4cn[nH]c4)ccc3c2=O)c1. The summed E-state index contributed by atoms with van der Waals surface area (Å²) in [6.45, 7) is 0.378. The summed E-state index contributed by atoms with van der Waals surface area (Å²) in [5.41, 5.74) is 3.22. The molecule has 134 valence electrons. The van der Waals surface area contributed by atoms with E-state index in [0.29, 0.717) is 17.5 Å². The minimum atomic E-state index is -0.394. The van der Waals surface area contributed by atoms with Gasteiger partial charge in [0.05, 0.1) is 25.4 Å². The number of H-pyrrole nitrogens is 1. The van der Waals surface area contributed by atoms with Crippen LogP contribution >= 0.6 is 0 Å². The minimum Gasteiger partial charge on any atom is -0.465 e. The standard InChI is InChI=1S/C21H17N3O3/c1-27-21(26)17-4-2-3-14(9-17)13-24-8-7-16-10-15(18-11-22-23-12-18)5-6-19(16)20(24)25/h2-12H,13H2,1H3,(H,22,23). The van der Waals surface area contributed by atoms with E-state index in [-0.39, 0.29) is 5.56 Å². The summed E-state index contributed by atoms with van der Waals surface area (Å²) in [5, 5.41) is 8.27. The number of pyridine rings is 1. The van der Waals surface area contributed by atoms with Crippen molar-refractivity contribution in [3.05, 3.63) is 88.6 Å². The summed E-state index contributed by atoms with van der Waals surface area (Å²) >= 11 is 0. The number of aromatic nitrogens is 3. The number of aromatic amines is 1. The van der Waals surface area contributed by atoms with E-state index in [9.17, 15) is 9.59 Å². The third kappa shape index (κ3) is 3.25. The molecule has 0 spiro atoms. The fourth-order valence-electron chi connectivity index (χ4n) is 3.11. The monoisotopic (exact) mass is 359 g/mol. The quantitative estimate of drug-likeness (QED) is 0.568. The van der Waals surface area contributed by atoms with Crippen LogP contribution in [0.3, 0.4) is 0 Å². The van der Waals surface area contributed by atoms with Crippen LogP contribution in [0.4, 0.5) is 0 Å². The second kappa shape index (κ2) is 6.92. The molecule has 1 N–H and O–H groups in total. The van der Waals surface area contributed by atoms with E-state index in [0.717, 1.165) is 22.1 Å². The average molecular weight is 359 g/mol. The van der Waals surface area contributed by atoms with Crippen molar-refractivity contribution in [2.45, 2.75) is 6.54 Å². The maximum absolute atomic E-state index is 12.9. The van der Waals surface area contributed by atoms with Crippen molar-refractivity contribution in [1.82, 2.24) is 14.8 Å². The lowest BCUT2D eigenvalue weighted by molar-refractivity contribution is 0.0600. The van der Waals surface area contributed by atoms with Gasteiger partial charge < -0.3 is 9.30 Å². The van der Waals surface area contributed by atoms with Crippen LogP contribution in [0.5, 0.6) is 0 Å². The number of methoxy groups -OCH3 is 1. The Morgan fingerprint density at radius 2 is 2.04 bits per heavy atom. The lowest BCUT2D eigenvalue weighted by Crippen LogP contribution is -2.20. The topological polar surface area (TPSA) is 77.0 Å². The van der Waals surface area contributed by atoms with Crippen molar-refractivity contribution in [2.75, 3.05) is 7.11 Å². The number of esters is 1. The Hall–Kier alpha value is -3.67. The summed E-state index contributed by atoms with van der Waals surface area (Å²) in [4.78, 5) is 24.6. The molecular weight excluding hydrogens is 342 g/mol. The number of hydrogen-bond donors (Lipinski definition) is 1. The van der Waals surface area contributed by atoms with E-state index < -0.39 is 5.97 Å². The molecule has 0 saturated carbocycles. The van der Waals surface area contributed by atoms with Gasteiger partial charge in [-0.15, -0.1) is 0 Å². The largest absolute Gasteiger partial charge is 0.465 e. The Morgan fingerprint density at radius 1 is 1.15 bits per heavy atom. The van der Waals surface area contributed by atoms with Gasteiger partial charge in [-0.2, -0.15) is 5.10 Å². The molecule has 6 nitrogen and oxygen atoms in total. The van der Waals surface area contributed by atoms with Gasteiger partial charge >= 0.3 is 5.97 Å². The summed E-state index contributed by atoms with van der Waals surface area (Å²) in [7, 11) is 1.35. The number of hydrogen-bond acceptors (Lipinski definition) is 4. The first-order valence-corrected chi connectivity index (χ1v) is 8.45. The fourth-order valence-corrected chi connectivity index (χ4v) is 3.11. The Bertz CT molecular complexity index is 1180. The summed E-state index contributed by atoms with van der Waals surface area (Å²) in [6.07, 6.45) is 5.34. The zero-order chi connectivity index (χ0) is 18.8. The predicted molar refractivity (Wildman–Crippen MR) is 103 cm³/mol. The Labute approximate surface area is 155 Å². The molecule has 0 unspecified atom stereocenters. The number of nitrogens with one attached hydrogen (secondary N) is 1. The van der Waals surface area contributed by atoms with Crippen molar-refractivity contribution in [3.63, 3.8) is 0 Å². The van der Waals surface area contributed by atoms with E-state index in [1.807, 2.05) is 36.5 Å². The zero-order valence-corrected chi connectivity index (χ0v) is 14.7. The maximum atomic E-state index is 12.9. The average Bonchev–Trinajstić information content (AvgIpc) is 3.24. The number of fused-ring (bicyclic) bond motifs is 1. The third-order valence-corrected chi connectivity index (χ3v) is 4.51. The number of nitrogens with zero attached hydrogens (tertiary/aromatic N) is 2. The highest BCUT2D eigenvalue weighted by Crippen LogP contribution is 2.22. The van der Waals surface area contributed by atoms with Gasteiger partial charge in [0.2, 0.25) is 0 Å². The Balaban J connectivity index is 1.69. The molecule has 27 heavy (non-hydrogen) atoms. The second-order valence-corrected chi connectivity index (χ2v) is 6.23. The molecule has 0 aliphatic heterocycles. The fraction of sp³-hybridized carbons (Fsp3) is 0.0952. The molecule has 0 radical (unpaired) electrons. The number of carbonyl (C=O) groups is 1. The molecule has 0 atom stereocenters. The normalized spacial score (nSPS) is 10.9. The van der Waals surface area contributed by atoms with Gasteiger partial charge in [-0.05, 0) is 46.8 Å². The Morgan fingerprint density at radius 3 is 2.81 bits per heavy atom. The highest BCUT2D eigenvalue weighted by molar-refractivity contribution is 5.89. The van der Waals surface area contributed by atoms with Gasteiger partial charge in [-0.25, -0.2) is 4.79 Å². The van der Waals surface area contributed by atoms with E-state index >= 15 is 0 Å². The number of benzene rings is 2. The molecule has 2 heterocycles. The lowest BCUT2D eigenvalue weighted by Gasteiger charge is -2.09. The summed E-state index contributed by atoms with van der Waals surface area (Å²) < 4.78 is 6.39. The molecule has 0 fully saturated rings.